The second-order valence-corrected chi connectivity index (χ2v) is 7.94. The van der Waals surface area contributed by atoms with Crippen LogP contribution in [-0.2, 0) is 28.6 Å². The number of esters is 2. The fourth-order valence-electron chi connectivity index (χ4n) is 4.38. The lowest BCUT2D eigenvalue weighted by Gasteiger charge is -2.38. The third-order valence-electron chi connectivity index (χ3n) is 5.93. The van der Waals surface area contributed by atoms with Crippen molar-refractivity contribution in [2.24, 2.45) is 11.8 Å². The van der Waals surface area contributed by atoms with Crippen LogP contribution in [0.4, 0.5) is 0 Å². The van der Waals surface area contributed by atoms with E-state index in [4.69, 9.17) is 18.9 Å². The summed E-state index contributed by atoms with van der Waals surface area (Å²) in [5, 5.41) is 3.23. The van der Waals surface area contributed by atoms with Crippen LogP contribution in [-0.4, -0.2) is 52.3 Å². The molecule has 172 valence electrons. The molecule has 3 rings (SSSR count). The summed E-state index contributed by atoms with van der Waals surface area (Å²) in [5.74, 6) is -2.64. The van der Waals surface area contributed by atoms with Crippen LogP contribution in [0.2, 0.25) is 0 Å². The number of Topliss-reactive ketones (excluding diaryl/α,β-unsaturated/α-hetero) is 1. The molecule has 0 aromatic heterocycles. The zero-order valence-corrected chi connectivity index (χ0v) is 19.0. The first-order valence-electron chi connectivity index (χ1n) is 10.5. The fourth-order valence-corrected chi connectivity index (χ4v) is 4.38. The molecule has 1 aliphatic heterocycles. The number of carbonyl (C=O) groups excluding carboxylic acids is 3. The molecule has 8 heteroatoms. The van der Waals surface area contributed by atoms with E-state index in [-0.39, 0.29) is 24.9 Å². The van der Waals surface area contributed by atoms with Gasteiger partial charge in [-0.2, -0.15) is 0 Å². The zero-order chi connectivity index (χ0) is 23.4. The molecule has 8 nitrogen and oxygen atoms in total. The lowest BCUT2D eigenvalue weighted by molar-refractivity contribution is -0.151. The number of carbonyl (C=O) groups is 3. The molecule has 0 amide bonds. The molecule has 0 saturated heterocycles. The molecular weight excluding hydrogens is 414 g/mol. The molecular formula is C24H29NO7. The van der Waals surface area contributed by atoms with E-state index >= 15 is 0 Å². The Hall–Kier alpha value is -3.13. The molecule has 3 atom stereocenters. The van der Waals surface area contributed by atoms with Crippen molar-refractivity contribution in [1.82, 2.24) is 5.32 Å². The molecule has 1 N–H and O–H groups in total. The van der Waals surface area contributed by atoms with Crippen molar-refractivity contribution in [1.29, 1.82) is 0 Å². The number of rotatable bonds is 7. The fraction of sp³-hybridized carbons (Fsp3) is 0.458. The minimum Gasteiger partial charge on any atom is -0.497 e. The Morgan fingerprint density at radius 1 is 1.09 bits per heavy atom. The summed E-state index contributed by atoms with van der Waals surface area (Å²) in [6.07, 6.45) is 0.483. The SMILES string of the molecule is COCCOC(=O)C1=C(C)NC2=C(C(=O)[C@H](C(=O)OC)[C@@H](C)C2)[C@H]1c1ccc(OC)cc1. The first-order chi connectivity index (χ1) is 15.3. The highest BCUT2D eigenvalue weighted by Gasteiger charge is 2.47. The summed E-state index contributed by atoms with van der Waals surface area (Å²) in [6.45, 7) is 3.98. The maximum Gasteiger partial charge on any atom is 0.336 e. The third-order valence-corrected chi connectivity index (χ3v) is 5.93. The van der Waals surface area contributed by atoms with E-state index in [1.54, 1.807) is 26.2 Å². The number of methoxy groups -OCH3 is 3. The van der Waals surface area contributed by atoms with Gasteiger partial charge in [-0.3, -0.25) is 9.59 Å². The average Bonchev–Trinajstić information content (AvgIpc) is 2.78. The summed E-state index contributed by atoms with van der Waals surface area (Å²) < 4.78 is 20.5. The summed E-state index contributed by atoms with van der Waals surface area (Å²) in [5.41, 5.74) is 2.78. The van der Waals surface area contributed by atoms with Gasteiger partial charge in [-0.25, -0.2) is 4.79 Å². The smallest absolute Gasteiger partial charge is 0.336 e. The molecule has 0 bridgehead atoms. The Morgan fingerprint density at radius 2 is 1.78 bits per heavy atom. The summed E-state index contributed by atoms with van der Waals surface area (Å²) in [7, 11) is 4.36. The van der Waals surface area contributed by atoms with E-state index in [9.17, 15) is 14.4 Å². The van der Waals surface area contributed by atoms with Gasteiger partial charge in [0, 0.05) is 30.0 Å². The van der Waals surface area contributed by atoms with Crippen molar-refractivity contribution in [3.8, 4) is 5.75 Å². The van der Waals surface area contributed by atoms with Gasteiger partial charge < -0.3 is 24.3 Å². The van der Waals surface area contributed by atoms with Gasteiger partial charge in [0.05, 0.1) is 26.4 Å². The van der Waals surface area contributed by atoms with E-state index in [1.165, 1.54) is 14.2 Å². The number of nitrogens with one attached hydrogen (secondary N) is 1. The quantitative estimate of drug-likeness (QED) is 0.390. The second-order valence-electron chi connectivity index (χ2n) is 7.94. The maximum atomic E-state index is 13.6. The minimum absolute atomic E-state index is 0.0864. The molecule has 32 heavy (non-hydrogen) atoms. The van der Waals surface area contributed by atoms with Gasteiger partial charge in [0.25, 0.3) is 0 Å². The summed E-state index contributed by atoms with van der Waals surface area (Å²) in [4.78, 5) is 39.1. The molecule has 2 aliphatic rings. The van der Waals surface area contributed by atoms with Crippen LogP contribution in [0.3, 0.4) is 0 Å². The minimum atomic E-state index is -0.925. The molecule has 0 spiro atoms. The van der Waals surface area contributed by atoms with Crippen molar-refractivity contribution in [3.63, 3.8) is 0 Å². The molecule has 0 radical (unpaired) electrons. The van der Waals surface area contributed by atoms with E-state index in [2.05, 4.69) is 5.32 Å². The predicted octanol–water partition coefficient (Wildman–Crippen LogP) is 2.50. The molecule has 0 saturated carbocycles. The monoisotopic (exact) mass is 443 g/mol. The van der Waals surface area contributed by atoms with Gasteiger partial charge in [0.2, 0.25) is 0 Å². The van der Waals surface area contributed by atoms with Crippen molar-refractivity contribution < 1.29 is 33.3 Å². The van der Waals surface area contributed by atoms with Crippen LogP contribution in [0.1, 0.15) is 31.7 Å². The maximum absolute atomic E-state index is 13.6. The number of ketones is 1. The Kier molecular flexibility index (Phi) is 7.35. The summed E-state index contributed by atoms with van der Waals surface area (Å²) in [6, 6.07) is 7.17. The Bertz CT molecular complexity index is 961. The van der Waals surface area contributed by atoms with Gasteiger partial charge in [0.1, 0.15) is 18.3 Å². The Labute approximate surface area is 187 Å². The van der Waals surface area contributed by atoms with Crippen molar-refractivity contribution in [3.05, 3.63) is 52.4 Å². The first-order valence-corrected chi connectivity index (χ1v) is 10.5. The molecule has 1 aromatic carbocycles. The standard InChI is InChI=1S/C24H29NO7/c1-13-12-17-21(22(26)18(13)23(27)31-5)20(15-6-8-16(30-4)9-7-15)19(14(2)25-17)24(28)32-11-10-29-3/h6-9,13,18,20,25H,10-12H2,1-5H3/t13-,18+,20-/m0/s1. The first kappa shape index (κ1) is 23.5. The van der Waals surface area contributed by atoms with Gasteiger partial charge in [-0.1, -0.05) is 19.1 Å². The van der Waals surface area contributed by atoms with E-state index in [0.717, 1.165) is 11.3 Å². The molecule has 0 unspecified atom stereocenters. The zero-order valence-electron chi connectivity index (χ0n) is 19.0. The predicted molar refractivity (Wildman–Crippen MR) is 116 cm³/mol. The number of hydrogen-bond acceptors (Lipinski definition) is 8. The lowest BCUT2D eigenvalue weighted by Crippen LogP contribution is -2.43. The van der Waals surface area contributed by atoms with Gasteiger partial charge >= 0.3 is 11.9 Å². The normalized spacial score (nSPS) is 22.8. The number of benzene rings is 1. The number of ether oxygens (including phenoxy) is 4. The van der Waals surface area contributed by atoms with E-state index < -0.39 is 23.8 Å². The highest BCUT2D eigenvalue weighted by Crippen LogP contribution is 2.45. The Balaban J connectivity index is 2.11. The highest BCUT2D eigenvalue weighted by molar-refractivity contribution is 6.12. The van der Waals surface area contributed by atoms with Gasteiger partial charge in [-0.15, -0.1) is 0 Å². The second kappa shape index (κ2) is 9.99. The molecule has 0 fully saturated rings. The van der Waals surface area contributed by atoms with Crippen LogP contribution in [0, 0.1) is 11.8 Å². The van der Waals surface area contributed by atoms with Crippen LogP contribution in [0.25, 0.3) is 0 Å². The third kappa shape index (κ3) is 4.41. The van der Waals surface area contributed by atoms with Crippen LogP contribution < -0.4 is 10.1 Å². The van der Waals surface area contributed by atoms with Crippen molar-refractivity contribution >= 4 is 17.7 Å². The number of allylic oxidation sites excluding steroid dienone is 3. The van der Waals surface area contributed by atoms with Crippen LogP contribution in [0.15, 0.2) is 46.8 Å². The number of dihydropyridines is 1. The molecule has 1 aliphatic carbocycles. The highest BCUT2D eigenvalue weighted by atomic mass is 16.6. The van der Waals surface area contributed by atoms with E-state index in [0.29, 0.717) is 29.0 Å². The van der Waals surface area contributed by atoms with Crippen molar-refractivity contribution in [2.45, 2.75) is 26.2 Å². The number of hydrogen-bond donors (Lipinski definition) is 1. The van der Waals surface area contributed by atoms with Gasteiger partial charge in [0.15, 0.2) is 5.78 Å². The molecule has 1 aromatic rings. The summed E-state index contributed by atoms with van der Waals surface area (Å²) >= 11 is 0. The van der Waals surface area contributed by atoms with Crippen LogP contribution >= 0.6 is 0 Å². The largest absolute Gasteiger partial charge is 0.497 e. The Morgan fingerprint density at radius 3 is 2.38 bits per heavy atom. The topological polar surface area (TPSA) is 100 Å². The van der Waals surface area contributed by atoms with Crippen molar-refractivity contribution in [2.75, 3.05) is 34.5 Å². The van der Waals surface area contributed by atoms with Crippen LogP contribution in [0.5, 0.6) is 5.75 Å². The molecule has 1 heterocycles. The lowest BCUT2D eigenvalue weighted by atomic mass is 9.69. The van der Waals surface area contributed by atoms with E-state index in [1.807, 2.05) is 19.1 Å². The average molecular weight is 443 g/mol. The van der Waals surface area contributed by atoms with Gasteiger partial charge in [-0.05, 0) is 37.0 Å².